The highest BCUT2D eigenvalue weighted by atomic mass is 35.5. The zero-order valence-electron chi connectivity index (χ0n) is 11.5. The Kier molecular flexibility index (Phi) is 5.98. The van der Waals surface area contributed by atoms with Gasteiger partial charge in [0.1, 0.15) is 0 Å². The third kappa shape index (κ3) is 3.71. The topological polar surface area (TPSA) is 75.4 Å². The van der Waals surface area contributed by atoms with Crippen LogP contribution < -0.4 is 16.0 Å². The van der Waals surface area contributed by atoms with Crippen molar-refractivity contribution in [1.29, 1.82) is 0 Å². The molecule has 0 atom stereocenters. The van der Waals surface area contributed by atoms with Crippen molar-refractivity contribution in [3.63, 3.8) is 0 Å². The molecule has 5 nitrogen and oxygen atoms in total. The molecule has 110 valence electrons. The lowest BCUT2D eigenvalue weighted by Crippen LogP contribution is -2.25. The van der Waals surface area contributed by atoms with Crippen molar-refractivity contribution >= 4 is 35.6 Å². The van der Waals surface area contributed by atoms with Crippen LogP contribution in [-0.4, -0.2) is 24.9 Å². The summed E-state index contributed by atoms with van der Waals surface area (Å²) >= 11 is 0. The molecule has 3 N–H and O–H groups in total. The first kappa shape index (κ1) is 16.5. The van der Waals surface area contributed by atoms with Gasteiger partial charge < -0.3 is 16.0 Å². The van der Waals surface area contributed by atoms with Crippen LogP contribution in [0, 0.1) is 0 Å². The number of nitrogens with one attached hydrogen (secondary N) is 1. The second kappa shape index (κ2) is 7.26. The quantitative estimate of drug-likeness (QED) is 0.888. The molecular formula is C14H20ClN3O2. The van der Waals surface area contributed by atoms with E-state index in [1.54, 1.807) is 11.8 Å². The average molecular weight is 298 g/mol. The maximum absolute atomic E-state index is 11.6. The Bertz CT molecular complexity index is 505. The van der Waals surface area contributed by atoms with Crippen LogP contribution in [0.2, 0.25) is 0 Å². The van der Waals surface area contributed by atoms with E-state index in [0.29, 0.717) is 19.4 Å². The zero-order chi connectivity index (χ0) is 13.8. The Balaban J connectivity index is 0.00000200. The number of nitrogens with two attached hydrogens (primary N) is 1. The number of fused-ring (bicyclic) bond motifs is 1. The van der Waals surface area contributed by atoms with Gasteiger partial charge in [0.25, 0.3) is 0 Å². The molecule has 2 rings (SSSR count). The Morgan fingerprint density at radius 2 is 2.15 bits per heavy atom. The van der Waals surface area contributed by atoms with Gasteiger partial charge in [-0.3, -0.25) is 9.59 Å². The molecule has 1 aromatic rings. The van der Waals surface area contributed by atoms with E-state index < -0.39 is 0 Å². The van der Waals surface area contributed by atoms with Gasteiger partial charge in [-0.05, 0) is 43.1 Å². The third-order valence-corrected chi connectivity index (χ3v) is 3.25. The first-order valence-corrected chi connectivity index (χ1v) is 6.53. The van der Waals surface area contributed by atoms with Crippen LogP contribution in [0.3, 0.4) is 0 Å². The minimum atomic E-state index is -0.0215. The number of nitrogens with zero attached hydrogens (tertiary/aromatic N) is 1. The number of amides is 2. The fourth-order valence-corrected chi connectivity index (χ4v) is 2.29. The van der Waals surface area contributed by atoms with E-state index in [0.717, 1.165) is 29.9 Å². The summed E-state index contributed by atoms with van der Waals surface area (Å²) in [6, 6.07) is 5.67. The highest BCUT2D eigenvalue weighted by Crippen LogP contribution is 2.30. The molecule has 1 aliphatic rings. The summed E-state index contributed by atoms with van der Waals surface area (Å²) in [6.45, 7) is 2.80. The van der Waals surface area contributed by atoms with Gasteiger partial charge in [0.05, 0.1) is 0 Å². The van der Waals surface area contributed by atoms with E-state index in [1.165, 1.54) is 0 Å². The third-order valence-electron chi connectivity index (χ3n) is 3.25. The molecule has 0 radical (unpaired) electrons. The average Bonchev–Trinajstić information content (AvgIpc) is 2.79. The molecule has 0 spiro atoms. The fourth-order valence-electron chi connectivity index (χ4n) is 2.29. The highest BCUT2D eigenvalue weighted by molar-refractivity contribution is 5.95. The predicted octanol–water partition coefficient (Wildman–Crippen LogP) is 1.69. The molecule has 0 aromatic heterocycles. The van der Waals surface area contributed by atoms with Crippen LogP contribution in [0.5, 0.6) is 0 Å². The van der Waals surface area contributed by atoms with Crippen molar-refractivity contribution < 1.29 is 9.59 Å². The molecule has 20 heavy (non-hydrogen) atoms. The Morgan fingerprint density at radius 1 is 1.40 bits per heavy atom. The van der Waals surface area contributed by atoms with Crippen molar-refractivity contribution in [1.82, 2.24) is 0 Å². The summed E-state index contributed by atoms with van der Waals surface area (Å²) in [5.41, 5.74) is 8.21. The molecule has 0 bridgehead atoms. The smallest absolute Gasteiger partial charge is 0.224 e. The van der Waals surface area contributed by atoms with Crippen molar-refractivity contribution in [2.45, 2.75) is 26.2 Å². The number of anilines is 2. The van der Waals surface area contributed by atoms with Crippen LogP contribution in [0.15, 0.2) is 18.2 Å². The van der Waals surface area contributed by atoms with E-state index in [9.17, 15) is 9.59 Å². The van der Waals surface area contributed by atoms with E-state index in [1.807, 2.05) is 18.2 Å². The normalized spacial score (nSPS) is 12.6. The van der Waals surface area contributed by atoms with Crippen LogP contribution in [-0.2, 0) is 16.0 Å². The largest absolute Gasteiger partial charge is 0.330 e. The summed E-state index contributed by atoms with van der Waals surface area (Å²) in [5.74, 6) is 0.0327. The Morgan fingerprint density at radius 3 is 2.80 bits per heavy atom. The molecule has 1 aromatic carbocycles. The van der Waals surface area contributed by atoms with E-state index in [2.05, 4.69) is 5.32 Å². The molecular weight excluding hydrogens is 278 g/mol. The van der Waals surface area contributed by atoms with Gasteiger partial charge in [-0.2, -0.15) is 0 Å². The summed E-state index contributed by atoms with van der Waals surface area (Å²) in [7, 11) is 0. The van der Waals surface area contributed by atoms with E-state index in [-0.39, 0.29) is 24.2 Å². The second-order valence-electron chi connectivity index (χ2n) is 4.70. The molecule has 2 amide bonds. The summed E-state index contributed by atoms with van der Waals surface area (Å²) in [4.78, 5) is 24.8. The summed E-state index contributed by atoms with van der Waals surface area (Å²) < 4.78 is 0. The standard InChI is InChI=1S/C14H19N3O2.ClH/c1-10(18)17-8-6-11-9-12(4-5-13(11)17)16-14(19)3-2-7-15;/h4-5,9H,2-3,6-8,15H2,1H3,(H,16,19);1H. The number of carbonyl (C=O) groups is 2. The van der Waals surface area contributed by atoms with Gasteiger partial charge >= 0.3 is 0 Å². The first-order chi connectivity index (χ1) is 9.11. The van der Waals surface area contributed by atoms with Crippen molar-refractivity contribution in [2.24, 2.45) is 5.73 Å². The zero-order valence-corrected chi connectivity index (χ0v) is 12.3. The molecule has 0 fully saturated rings. The van der Waals surface area contributed by atoms with Gasteiger partial charge in [-0.25, -0.2) is 0 Å². The number of carbonyl (C=O) groups excluding carboxylic acids is 2. The number of rotatable bonds is 4. The SMILES string of the molecule is CC(=O)N1CCc2cc(NC(=O)CCCN)ccc21.Cl. The highest BCUT2D eigenvalue weighted by Gasteiger charge is 2.22. The maximum atomic E-state index is 11.6. The van der Waals surface area contributed by atoms with Crippen LogP contribution in [0.4, 0.5) is 11.4 Å². The van der Waals surface area contributed by atoms with Crippen LogP contribution in [0.25, 0.3) is 0 Å². The van der Waals surface area contributed by atoms with Gasteiger partial charge in [0.2, 0.25) is 11.8 Å². The number of hydrogen-bond donors (Lipinski definition) is 2. The van der Waals surface area contributed by atoms with Gasteiger partial charge in [0.15, 0.2) is 0 Å². The molecule has 0 unspecified atom stereocenters. The Hall–Kier alpha value is -1.59. The van der Waals surface area contributed by atoms with Gasteiger partial charge in [-0.15, -0.1) is 12.4 Å². The van der Waals surface area contributed by atoms with E-state index in [4.69, 9.17) is 5.73 Å². The van der Waals surface area contributed by atoms with Crippen molar-refractivity contribution in [3.8, 4) is 0 Å². The molecule has 0 aliphatic carbocycles. The summed E-state index contributed by atoms with van der Waals surface area (Å²) in [5, 5.41) is 2.85. The molecule has 0 saturated heterocycles. The molecule has 1 heterocycles. The molecule has 0 saturated carbocycles. The number of halogens is 1. The second-order valence-corrected chi connectivity index (χ2v) is 4.70. The lowest BCUT2D eigenvalue weighted by molar-refractivity contribution is -0.117. The van der Waals surface area contributed by atoms with Gasteiger partial charge in [-0.1, -0.05) is 0 Å². The lowest BCUT2D eigenvalue weighted by Gasteiger charge is -2.15. The predicted molar refractivity (Wildman–Crippen MR) is 82.3 cm³/mol. The minimum Gasteiger partial charge on any atom is -0.330 e. The monoisotopic (exact) mass is 297 g/mol. The molecule has 6 heteroatoms. The lowest BCUT2D eigenvalue weighted by atomic mass is 10.1. The molecule has 1 aliphatic heterocycles. The summed E-state index contributed by atoms with van der Waals surface area (Å²) in [6.07, 6.45) is 1.96. The van der Waals surface area contributed by atoms with Crippen LogP contribution in [0.1, 0.15) is 25.3 Å². The van der Waals surface area contributed by atoms with Gasteiger partial charge in [0, 0.05) is 31.3 Å². The number of hydrogen-bond acceptors (Lipinski definition) is 3. The Labute approximate surface area is 124 Å². The van der Waals surface area contributed by atoms with Crippen molar-refractivity contribution in [2.75, 3.05) is 23.3 Å². The minimum absolute atomic E-state index is 0. The number of benzene rings is 1. The first-order valence-electron chi connectivity index (χ1n) is 6.53. The van der Waals surface area contributed by atoms with E-state index >= 15 is 0 Å². The fraction of sp³-hybridized carbons (Fsp3) is 0.429. The maximum Gasteiger partial charge on any atom is 0.224 e. The van der Waals surface area contributed by atoms with Crippen molar-refractivity contribution in [3.05, 3.63) is 23.8 Å². The van der Waals surface area contributed by atoms with Crippen LogP contribution >= 0.6 is 12.4 Å².